The Hall–Kier alpha value is 0.0600. The Labute approximate surface area is 116 Å². The van der Waals surface area contributed by atoms with Crippen molar-refractivity contribution in [2.75, 3.05) is 13.6 Å². The summed E-state index contributed by atoms with van der Waals surface area (Å²) < 4.78 is 1.11. The number of rotatable bonds is 5. The maximum absolute atomic E-state index is 9.88. The van der Waals surface area contributed by atoms with Crippen molar-refractivity contribution < 1.29 is 5.11 Å². The lowest BCUT2D eigenvalue weighted by molar-refractivity contribution is 0.0283. The molecule has 98 valence electrons. The lowest BCUT2D eigenvalue weighted by Crippen LogP contribution is -2.43. The van der Waals surface area contributed by atoms with Crippen LogP contribution >= 0.6 is 27.3 Å². The predicted molar refractivity (Wildman–Crippen MR) is 77.3 cm³/mol. The first-order chi connectivity index (χ1) is 7.70. The highest BCUT2D eigenvalue weighted by Gasteiger charge is 2.26. The first-order valence-electron chi connectivity index (χ1n) is 5.64. The highest BCUT2D eigenvalue weighted by Crippen LogP contribution is 2.32. The molecule has 0 spiro atoms. The number of hydrogen-bond acceptors (Lipinski definition) is 4. The van der Waals surface area contributed by atoms with E-state index in [0.717, 1.165) is 3.79 Å². The summed E-state index contributed by atoms with van der Waals surface area (Å²) in [7, 11) is 2.00. The minimum atomic E-state index is -0.712. The number of thiophene rings is 1. The van der Waals surface area contributed by atoms with E-state index in [9.17, 15) is 5.11 Å². The molecule has 0 saturated carbocycles. The van der Waals surface area contributed by atoms with E-state index >= 15 is 0 Å². The number of nitrogens with two attached hydrogens (primary N) is 1. The minimum absolute atomic E-state index is 0.0212. The van der Waals surface area contributed by atoms with Crippen molar-refractivity contribution >= 4 is 27.3 Å². The number of aliphatic hydroxyl groups is 1. The van der Waals surface area contributed by atoms with Crippen molar-refractivity contribution in [2.24, 2.45) is 5.73 Å². The maximum atomic E-state index is 9.88. The molecule has 2 unspecified atom stereocenters. The van der Waals surface area contributed by atoms with Gasteiger partial charge in [-0.3, -0.25) is 4.90 Å². The van der Waals surface area contributed by atoms with Crippen molar-refractivity contribution in [1.82, 2.24) is 4.90 Å². The quantitative estimate of drug-likeness (QED) is 0.876. The van der Waals surface area contributed by atoms with Gasteiger partial charge in [0.2, 0.25) is 0 Å². The molecule has 1 rings (SSSR count). The molecule has 0 aliphatic rings. The van der Waals surface area contributed by atoms with Crippen LogP contribution in [-0.2, 0) is 0 Å². The van der Waals surface area contributed by atoms with Gasteiger partial charge in [-0.2, -0.15) is 0 Å². The number of likely N-dealkylation sites (N-methyl/N-ethyl adjacent to an activating group) is 1. The molecule has 0 fully saturated rings. The first kappa shape index (κ1) is 15.1. The van der Waals surface area contributed by atoms with Gasteiger partial charge in [-0.1, -0.05) is 0 Å². The molecule has 1 heterocycles. The summed E-state index contributed by atoms with van der Waals surface area (Å²) in [5, 5.41) is 9.88. The van der Waals surface area contributed by atoms with E-state index in [2.05, 4.69) is 26.9 Å². The summed E-state index contributed by atoms with van der Waals surface area (Å²) in [6, 6.07) is 4.28. The van der Waals surface area contributed by atoms with E-state index in [1.54, 1.807) is 11.3 Å². The van der Waals surface area contributed by atoms with Gasteiger partial charge in [-0.25, -0.2) is 0 Å². The van der Waals surface area contributed by atoms with Crippen LogP contribution < -0.4 is 5.73 Å². The number of hydrogen-bond donors (Lipinski definition) is 2. The van der Waals surface area contributed by atoms with Gasteiger partial charge in [-0.05, 0) is 55.9 Å². The predicted octanol–water partition coefficient (Wildman–Crippen LogP) is 2.60. The third-order valence-electron chi connectivity index (χ3n) is 2.49. The zero-order valence-electron chi connectivity index (χ0n) is 10.8. The SMILES string of the molecule is CC(N)C(c1ccc(Br)s1)N(C)CC(C)(C)O. The highest BCUT2D eigenvalue weighted by molar-refractivity contribution is 9.11. The molecule has 0 radical (unpaired) electrons. The summed E-state index contributed by atoms with van der Waals surface area (Å²) in [6.07, 6.45) is 0. The molecule has 1 aromatic rings. The second kappa shape index (κ2) is 5.80. The second-order valence-corrected chi connectivity index (χ2v) is 7.67. The average molecular weight is 321 g/mol. The summed E-state index contributed by atoms with van der Waals surface area (Å²) in [5.41, 5.74) is 5.35. The fourth-order valence-electron chi connectivity index (χ4n) is 2.07. The molecule has 0 aliphatic carbocycles. The third kappa shape index (κ3) is 4.67. The summed E-state index contributed by atoms with van der Waals surface area (Å²) in [4.78, 5) is 3.33. The Morgan fingerprint density at radius 1 is 1.53 bits per heavy atom. The summed E-state index contributed by atoms with van der Waals surface area (Å²) in [6.45, 7) is 6.21. The van der Waals surface area contributed by atoms with Gasteiger partial charge in [0.25, 0.3) is 0 Å². The van der Waals surface area contributed by atoms with Gasteiger partial charge in [0.05, 0.1) is 15.4 Å². The Morgan fingerprint density at radius 2 is 2.12 bits per heavy atom. The fraction of sp³-hybridized carbons (Fsp3) is 0.667. The van der Waals surface area contributed by atoms with Crippen LogP contribution in [-0.4, -0.2) is 35.2 Å². The Morgan fingerprint density at radius 3 is 2.47 bits per heavy atom. The van der Waals surface area contributed by atoms with Gasteiger partial charge in [-0.15, -0.1) is 11.3 Å². The van der Waals surface area contributed by atoms with Crippen LogP contribution in [0.25, 0.3) is 0 Å². The van der Waals surface area contributed by atoms with E-state index in [1.807, 2.05) is 33.9 Å². The Balaban J connectivity index is 2.86. The van der Waals surface area contributed by atoms with E-state index in [1.165, 1.54) is 4.88 Å². The summed E-state index contributed by atoms with van der Waals surface area (Å²) in [5.74, 6) is 0. The summed E-state index contributed by atoms with van der Waals surface area (Å²) >= 11 is 5.16. The molecule has 1 aromatic heterocycles. The first-order valence-corrected chi connectivity index (χ1v) is 7.25. The monoisotopic (exact) mass is 320 g/mol. The molecule has 0 amide bonds. The van der Waals surface area contributed by atoms with Crippen LogP contribution in [0, 0.1) is 0 Å². The van der Waals surface area contributed by atoms with E-state index in [0.29, 0.717) is 6.54 Å². The second-order valence-electron chi connectivity index (χ2n) is 5.17. The van der Waals surface area contributed by atoms with Crippen LogP contribution in [0.2, 0.25) is 0 Å². The molecule has 2 atom stereocenters. The van der Waals surface area contributed by atoms with E-state index in [4.69, 9.17) is 5.73 Å². The average Bonchev–Trinajstić information content (AvgIpc) is 2.47. The molecule has 3 N–H and O–H groups in total. The van der Waals surface area contributed by atoms with Crippen molar-refractivity contribution in [3.63, 3.8) is 0 Å². The molecule has 0 bridgehead atoms. The number of halogens is 1. The molecule has 0 aromatic carbocycles. The topological polar surface area (TPSA) is 49.5 Å². The molecule has 5 heteroatoms. The minimum Gasteiger partial charge on any atom is -0.389 e. The van der Waals surface area contributed by atoms with Crippen LogP contribution in [0.15, 0.2) is 15.9 Å². The van der Waals surface area contributed by atoms with Crippen LogP contribution in [0.4, 0.5) is 0 Å². The number of nitrogens with zero attached hydrogens (tertiary/aromatic N) is 1. The van der Waals surface area contributed by atoms with Gasteiger partial charge >= 0.3 is 0 Å². The van der Waals surface area contributed by atoms with Crippen molar-refractivity contribution in [2.45, 2.75) is 38.5 Å². The van der Waals surface area contributed by atoms with Crippen LogP contribution in [0.1, 0.15) is 31.7 Å². The Bertz CT molecular complexity index is 360. The molecule has 3 nitrogen and oxygen atoms in total. The largest absolute Gasteiger partial charge is 0.389 e. The molecule has 17 heavy (non-hydrogen) atoms. The maximum Gasteiger partial charge on any atom is 0.0718 e. The highest BCUT2D eigenvalue weighted by atomic mass is 79.9. The third-order valence-corrected chi connectivity index (χ3v) is 4.19. The zero-order valence-corrected chi connectivity index (χ0v) is 13.2. The molecular formula is C12H21BrN2OS. The zero-order chi connectivity index (χ0) is 13.2. The standard InChI is InChI=1S/C12H21BrN2OS/c1-8(14)11(9-5-6-10(13)17-9)15(4)7-12(2,3)16/h5-6,8,11,16H,7,14H2,1-4H3. The van der Waals surface area contributed by atoms with Crippen LogP contribution in [0.3, 0.4) is 0 Å². The van der Waals surface area contributed by atoms with Gasteiger partial charge in [0.1, 0.15) is 0 Å². The smallest absolute Gasteiger partial charge is 0.0718 e. The van der Waals surface area contributed by atoms with E-state index in [-0.39, 0.29) is 12.1 Å². The lowest BCUT2D eigenvalue weighted by Gasteiger charge is -2.34. The van der Waals surface area contributed by atoms with E-state index < -0.39 is 5.60 Å². The van der Waals surface area contributed by atoms with Gasteiger partial charge in [0.15, 0.2) is 0 Å². The Kier molecular flexibility index (Phi) is 5.16. The molecular weight excluding hydrogens is 300 g/mol. The molecule has 0 aliphatic heterocycles. The van der Waals surface area contributed by atoms with Crippen molar-refractivity contribution in [3.05, 3.63) is 20.8 Å². The van der Waals surface area contributed by atoms with Crippen molar-refractivity contribution in [1.29, 1.82) is 0 Å². The van der Waals surface area contributed by atoms with Crippen LogP contribution in [0.5, 0.6) is 0 Å². The van der Waals surface area contributed by atoms with Gasteiger partial charge in [0, 0.05) is 17.5 Å². The van der Waals surface area contributed by atoms with Gasteiger partial charge < -0.3 is 10.8 Å². The lowest BCUT2D eigenvalue weighted by atomic mass is 10.0. The fourth-order valence-corrected chi connectivity index (χ4v) is 3.78. The molecule has 0 saturated heterocycles. The van der Waals surface area contributed by atoms with Crippen molar-refractivity contribution in [3.8, 4) is 0 Å². The normalized spacial score (nSPS) is 16.2.